The molecule has 0 saturated heterocycles. The molecule has 0 radical (unpaired) electrons. The normalized spacial score (nSPS) is 10.7. The Morgan fingerprint density at radius 1 is 0.259 bits per heavy atom. The maximum atomic E-state index is 8.52. The summed E-state index contributed by atoms with van der Waals surface area (Å²) < 4.78 is 170. The molecule has 0 rings (SSSR count). The first-order valence-electron chi connectivity index (χ1n) is 3.33. The molecule has 0 heterocycles. The van der Waals surface area contributed by atoms with Crippen LogP contribution in [0.1, 0.15) is 0 Å². The van der Waals surface area contributed by atoms with E-state index < -0.39 is 52.0 Å². The fraction of sp³-hybridized carbons (Fsp3) is 0. The molecule has 0 aromatic rings. The molecule has 0 atom stereocenters. The number of hydrogen-bond donors (Lipinski definition) is 0. The van der Waals surface area contributed by atoms with Crippen LogP contribution in [0.25, 0.3) is 0 Å². The standard InChI is InChI=1S/2Ce.5H2O4S/c;;5*1-5(2,3)4/h;;5*(H2,1,2,3,4)/p-10. The molecule has 0 aliphatic carbocycles. The van der Waals surface area contributed by atoms with Gasteiger partial charge >= 0.3 is 0 Å². The van der Waals surface area contributed by atoms with Crippen LogP contribution < -0.4 is 0 Å². The minimum atomic E-state index is -5.17. The van der Waals surface area contributed by atoms with Gasteiger partial charge in [0.2, 0.25) is 0 Å². The Hall–Kier alpha value is 2.10. The van der Waals surface area contributed by atoms with Gasteiger partial charge < -0.3 is 45.5 Å². The van der Waals surface area contributed by atoms with Gasteiger partial charge in [-0.15, -0.1) is 0 Å². The Balaban J connectivity index is -0.0000000364. The monoisotopic (exact) mass is 760 g/mol. The van der Waals surface area contributed by atoms with Crippen LogP contribution in [-0.2, 0) is 52.0 Å². The maximum absolute atomic E-state index is 8.52. The Morgan fingerprint density at radius 3 is 0.259 bits per heavy atom. The number of rotatable bonds is 0. The van der Waals surface area contributed by atoms with E-state index in [2.05, 4.69) is 0 Å². The van der Waals surface area contributed by atoms with Gasteiger partial charge in [0.15, 0.2) is 0 Å². The van der Waals surface area contributed by atoms with Crippen molar-refractivity contribution >= 4 is 52.0 Å². The quantitative estimate of drug-likeness (QED) is 0.163. The van der Waals surface area contributed by atoms with E-state index in [1.807, 2.05) is 0 Å². The fourth-order valence-corrected chi connectivity index (χ4v) is 0. The number of hydrogen-bond acceptors (Lipinski definition) is 20. The van der Waals surface area contributed by atoms with Crippen molar-refractivity contribution in [3.05, 3.63) is 0 Å². The third-order valence-electron chi connectivity index (χ3n) is 0. The zero-order valence-corrected chi connectivity index (χ0v) is 21.6. The molecule has 0 aromatic heterocycles. The van der Waals surface area contributed by atoms with Crippen molar-refractivity contribution in [2.75, 3.05) is 0 Å². The zero-order chi connectivity index (χ0) is 22.5. The molecule has 27 heavy (non-hydrogen) atoms. The summed E-state index contributed by atoms with van der Waals surface area (Å²) in [5.41, 5.74) is 0. The van der Waals surface area contributed by atoms with Crippen LogP contribution in [0, 0.1) is 83.5 Å². The van der Waals surface area contributed by atoms with E-state index in [1.54, 1.807) is 0 Å². The predicted molar refractivity (Wildman–Crippen MR) is 52.4 cm³/mol. The van der Waals surface area contributed by atoms with Crippen molar-refractivity contribution in [1.82, 2.24) is 0 Å². The molecule has 0 unspecified atom stereocenters. The summed E-state index contributed by atoms with van der Waals surface area (Å²) in [4.78, 5) is 0. The minimum Gasteiger partial charge on any atom is -0.759 e. The Labute approximate surface area is 219 Å². The topological polar surface area (TPSA) is 401 Å². The summed E-state index contributed by atoms with van der Waals surface area (Å²) in [7, 11) is -25.8. The maximum Gasteiger partial charge on any atom is 0.0311 e. The second-order valence-corrected chi connectivity index (χ2v) is 6.12. The Kier molecular flexibility index (Phi) is 34.9. The Morgan fingerprint density at radius 2 is 0.259 bits per heavy atom. The smallest absolute Gasteiger partial charge is 0.0311 e. The third kappa shape index (κ3) is 4330. The van der Waals surface area contributed by atoms with E-state index in [0.29, 0.717) is 0 Å². The van der Waals surface area contributed by atoms with E-state index in [0.717, 1.165) is 0 Å². The summed E-state index contributed by atoms with van der Waals surface area (Å²) in [6, 6.07) is 0. The minimum absolute atomic E-state index is 0. The summed E-state index contributed by atoms with van der Waals surface area (Å²) in [5.74, 6) is 0. The van der Waals surface area contributed by atoms with Crippen molar-refractivity contribution in [2.24, 2.45) is 0 Å². The van der Waals surface area contributed by atoms with Gasteiger partial charge in [0.25, 0.3) is 0 Å². The fourth-order valence-electron chi connectivity index (χ4n) is 0. The molecule has 20 nitrogen and oxygen atoms in total. The average molecular weight is 761 g/mol. The second kappa shape index (κ2) is 20.0. The van der Waals surface area contributed by atoms with Crippen molar-refractivity contribution in [1.29, 1.82) is 0 Å². The summed E-state index contributed by atoms with van der Waals surface area (Å²) in [6.07, 6.45) is 0. The molecule has 0 saturated carbocycles. The van der Waals surface area contributed by atoms with Crippen LogP contribution in [0.2, 0.25) is 0 Å². The third-order valence-corrected chi connectivity index (χ3v) is 0. The van der Waals surface area contributed by atoms with Crippen LogP contribution in [0.4, 0.5) is 0 Å². The summed E-state index contributed by atoms with van der Waals surface area (Å²) in [6.45, 7) is 0. The van der Waals surface area contributed by atoms with Crippen LogP contribution in [-0.4, -0.2) is 87.6 Å². The molecule has 0 spiro atoms. The van der Waals surface area contributed by atoms with Gasteiger partial charge in [0, 0.05) is 135 Å². The second-order valence-electron chi connectivity index (χ2n) is 2.04. The SMILES string of the molecule is O=S(=O)([O-])[O-].O=S(=O)([O-])[O-].O=S(=O)([O-])[O-].O=S(=O)([O-])[O-].O=S(=O)([O-])[O-].[Ce].[Ce]. The summed E-state index contributed by atoms with van der Waals surface area (Å²) >= 11 is 0. The first-order valence-corrected chi connectivity index (χ1v) is 10.0. The van der Waals surface area contributed by atoms with Gasteiger partial charge in [-0.25, -0.2) is 0 Å². The molecule has 27 heteroatoms. The van der Waals surface area contributed by atoms with Crippen LogP contribution in [0.15, 0.2) is 0 Å². The molecule has 0 amide bonds. The Bertz CT molecular complexity index is 619. The van der Waals surface area contributed by atoms with Crippen LogP contribution in [0.3, 0.4) is 0 Å². The zero-order valence-electron chi connectivity index (χ0n) is 11.2. The van der Waals surface area contributed by atoms with Crippen LogP contribution >= 0.6 is 0 Å². The van der Waals surface area contributed by atoms with E-state index in [-0.39, 0.29) is 83.5 Å². The molecule has 0 aliphatic rings. The molecule has 0 aliphatic heterocycles. The predicted octanol–water partition coefficient (Wildman–Crippen LogP) is -6.69. The van der Waals surface area contributed by atoms with Gasteiger partial charge in [-0.05, 0) is 0 Å². The average Bonchev–Trinajstić information content (AvgIpc) is 1.79. The van der Waals surface area contributed by atoms with Crippen LogP contribution in [0.5, 0.6) is 0 Å². The van der Waals surface area contributed by atoms with Crippen molar-refractivity contribution in [3.8, 4) is 0 Å². The largest absolute Gasteiger partial charge is 0.759 e. The van der Waals surface area contributed by atoms with E-state index in [4.69, 9.17) is 87.6 Å². The van der Waals surface area contributed by atoms with Gasteiger partial charge in [-0.2, -0.15) is 0 Å². The van der Waals surface area contributed by atoms with Gasteiger partial charge in [0.1, 0.15) is 0 Å². The van der Waals surface area contributed by atoms with Gasteiger partial charge in [-0.3, -0.25) is 42.1 Å². The molecule has 0 aromatic carbocycles. The summed E-state index contributed by atoms with van der Waals surface area (Å²) in [5, 5.41) is 0. The molecule has 168 valence electrons. The van der Waals surface area contributed by atoms with Crippen molar-refractivity contribution in [2.45, 2.75) is 0 Å². The molecular weight excluding hydrogens is 761 g/mol. The van der Waals surface area contributed by atoms with Crippen molar-refractivity contribution in [3.63, 3.8) is 0 Å². The van der Waals surface area contributed by atoms with Gasteiger partial charge in [0.05, 0.1) is 0 Å². The molecule has 0 N–H and O–H groups in total. The first-order chi connectivity index (χ1) is 10.0. The van der Waals surface area contributed by atoms with E-state index in [1.165, 1.54) is 0 Å². The van der Waals surface area contributed by atoms with Crippen molar-refractivity contribution < 1.29 is 171 Å². The van der Waals surface area contributed by atoms with E-state index >= 15 is 0 Å². The molecule has 0 bridgehead atoms. The molecule has 0 fully saturated rings. The molecular formula is Ce2O20S5-10. The van der Waals surface area contributed by atoms with Gasteiger partial charge in [-0.1, -0.05) is 0 Å². The first kappa shape index (κ1) is 47.0. The van der Waals surface area contributed by atoms with E-state index in [9.17, 15) is 0 Å².